The summed E-state index contributed by atoms with van der Waals surface area (Å²) in [6, 6.07) is 3.89. The molecule has 0 aliphatic carbocycles. The number of imide groups is 1. The fourth-order valence-electron chi connectivity index (χ4n) is 4.10. The average Bonchev–Trinajstić information content (AvgIpc) is 3.05. The number of anilines is 2. The molecular formula is C21H19F3N4O4. The van der Waals surface area contributed by atoms with Gasteiger partial charge in [-0.15, -0.1) is 0 Å². The zero-order chi connectivity index (χ0) is 23.2. The van der Waals surface area contributed by atoms with Gasteiger partial charge in [-0.2, -0.15) is 9.37 Å². The lowest BCUT2D eigenvalue weighted by Gasteiger charge is -2.37. The quantitative estimate of drug-likeness (QED) is 0.565. The van der Waals surface area contributed by atoms with Gasteiger partial charge in [0.25, 0.3) is 11.9 Å². The van der Waals surface area contributed by atoms with Crippen molar-refractivity contribution in [3.63, 3.8) is 0 Å². The average molecular weight is 448 g/mol. The van der Waals surface area contributed by atoms with Crippen LogP contribution in [0.15, 0.2) is 24.3 Å². The van der Waals surface area contributed by atoms with Gasteiger partial charge in [0.15, 0.2) is 17.5 Å². The minimum absolute atomic E-state index is 0.0449. The Hall–Kier alpha value is -3.47. The maximum Gasteiger partial charge on any atom is 0.335 e. The van der Waals surface area contributed by atoms with Crippen LogP contribution in [0, 0.1) is 24.5 Å². The number of rotatable bonds is 4. The van der Waals surface area contributed by atoms with Crippen molar-refractivity contribution in [1.29, 1.82) is 0 Å². The van der Waals surface area contributed by atoms with Crippen LogP contribution in [-0.4, -0.2) is 65.0 Å². The molecule has 168 valence electrons. The first kappa shape index (κ1) is 21.8. The Morgan fingerprint density at radius 1 is 1.06 bits per heavy atom. The summed E-state index contributed by atoms with van der Waals surface area (Å²) in [7, 11) is 0. The SMILES string of the molecule is Cc1cc(C(=O)O)ccc1N1C(=O)CC(N2CCN(c3nc(F)c(F)cc3F)CC2)C1=O. The van der Waals surface area contributed by atoms with Crippen LogP contribution >= 0.6 is 0 Å². The zero-order valence-corrected chi connectivity index (χ0v) is 17.0. The molecule has 0 saturated carbocycles. The lowest BCUT2D eigenvalue weighted by molar-refractivity contribution is -0.123. The number of aromatic nitrogens is 1. The molecule has 32 heavy (non-hydrogen) atoms. The number of hydrogen-bond acceptors (Lipinski definition) is 6. The monoisotopic (exact) mass is 448 g/mol. The largest absolute Gasteiger partial charge is 0.478 e. The van der Waals surface area contributed by atoms with Crippen molar-refractivity contribution >= 4 is 29.3 Å². The predicted octanol–water partition coefficient (Wildman–Crippen LogP) is 1.96. The van der Waals surface area contributed by atoms with E-state index in [1.54, 1.807) is 11.8 Å². The van der Waals surface area contributed by atoms with Crippen LogP contribution < -0.4 is 9.80 Å². The van der Waals surface area contributed by atoms with Crippen LogP contribution in [0.5, 0.6) is 0 Å². The third-order valence-corrected chi connectivity index (χ3v) is 5.73. The number of benzene rings is 1. The molecule has 3 heterocycles. The van der Waals surface area contributed by atoms with E-state index in [1.807, 2.05) is 0 Å². The second-order valence-electron chi connectivity index (χ2n) is 7.68. The molecule has 1 atom stereocenters. The topological polar surface area (TPSA) is 94.1 Å². The standard InChI is InChI=1S/C21H19F3N4O4/c1-11-8-12(21(31)32)2-3-15(11)28-17(29)10-16(20(28)30)26-4-6-27(7-5-26)19-14(23)9-13(22)18(24)25-19/h2-3,8-9,16H,4-7,10H2,1H3,(H,31,32). The highest BCUT2D eigenvalue weighted by atomic mass is 19.2. The van der Waals surface area contributed by atoms with E-state index >= 15 is 0 Å². The highest BCUT2D eigenvalue weighted by Gasteiger charge is 2.44. The van der Waals surface area contributed by atoms with Crippen molar-refractivity contribution in [2.75, 3.05) is 36.0 Å². The first-order valence-electron chi connectivity index (χ1n) is 9.88. The molecule has 11 heteroatoms. The summed E-state index contributed by atoms with van der Waals surface area (Å²) in [5.74, 6) is -5.97. The number of nitrogens with zero attached hydrogens (tertiary/aromatic N) is 4. The van der Waals surface area contributed by atoms with Crippen LogP contribution in [0.4, 0.5) is 24.7 Å². The molecule has 4 rings (SSSR count). The van der Waals surface area contributed by atoms with Crippen molar-refractivity contribution in [2.45, 2.75) is 19.4 Å². The molecule has 2 aromatic rings. The molecule has 1 aromatic carbocycles. The normalized spacial score (nSPS) is 19.7. The summed E-state index contributed by atoms with van der Waals surface area (Å²) >= 11 is 0. The Balaban J connectivity index is 1.47. The summed E-state index contributed by atoms with van der Waals surface area (Å²) in [5, 5.41) is 9.11. The summed E-state index contributed by atoms with van der Waals surface area (Å²) in [6.07, 6.45) is -0.0449. The van der Waals surface area contributed by atoms with Crippen LogP contribution in [0.2, 0.25) is 0 Å². The van der Waals surface area contributed by atoms with Crippen molar-refractivity contribution < 1.29 is 32.7 Å². The first-order valence-corrected chi connectivity index (χ1v) is 9.88. The Morgan fingerprint density at radius 2 is 1.75 bits per heavy atom. The van der Waals surface area contributed by atoms with Crippen LogP contribution in [0.25, 0.3) is 0 Å². The Bertz CT molecular complexity index is 1120. The van der Waals surface area contributed by atoms with Crippen molar-refractivity contribution in [2.24, 2.45) is 0 Å². The predicted molar refractivity (Wildman–Crippen MR) is 107 cm³/mol. The highest BCUT2D eigenvalue weighted by molar-refractivity contribution is 6.22. The van der Waals surface area contributed by atoms with E-state index in [0.29, 0.717) is 17.3 Å². The van der Waals surface area contributed by atoms with E-state index in [1.165, 1.54) is 23.1 Å². The van der Waals surface area contributed by atoms with Gasteiger partial charge in [-0.1, -0.05) is 0 Å². The third-order valence-electron chi connectivity index (χ3n) is 5.73. The van der Waals surface area contributed by atoms with Gasteiger partial charge in [0.2, 0.25) is 5.91 Å². The molecule has 0 radical (unpaired) electrons. The molecule has 2 fully saturated rings. The Morgan fingerprint density at radius 3 is 2.38 bits per heavy atom. The molecule has 2 aliphatic rings. The minimum Gasteiger partial charge on any atom is -0.478 e. The number of hydrogen-bond donors (Lipinski definition) is 1. The smallest absolute Gasteiger partial charge is 0.335 e. The second-order valence-corrected chi connectivity index (χ2v) is 7.68. The molecule has 0 spiro atoms. The number of carboxylic acids is 1. The lowest BCUT2D eigenvalue weighted by atomic mass is 10.1. The molecule has 1 aromatic heterocycles. The van der Waals surface area contributed by atoms with Gasteiger partial charge in [-0.05, 0) is 30.7 Å². The maximum absolute atomic E-state index is 14.0. The van der Waals surface area contributed by atoms with Crippen LogP contribution in [0.1, 0.15) is 22.3 Å². The lowest BCUT2D eigenvalue weighted by Crippen LogP contribution is -2.53. The molecule has 2 aliphatic heterocycles. The highest BCUT2D eigenvalue weighted by Crippen LogP contribution is 2.30. The van der Waals surface area contributed by atoms with Gasteiger partial charge in [0, 0.05) is 32.2 Å². The van der Waals surface area contributed by atoms with E-state index < -0.39 is 41.4 Å². The van der Waals surface area contributed by atoms with E-state index in [2.05, 4.69) is 4.98 Å². The molecule has 2 amide bonds. The number of piperazine rings is 1. The number of carbonyl (C=O) groups is 3. The molecule has 2 saturated heterocycles. The summed E-state index contributed by atoms with van der Waals surface area (Å²) in [4.78, 5) is 44.5. The summed E-state index contributed by atoms with van der Waals surface area (Å²) in [6.45, 7) is 2.61. The van der Waals surface area contributed by atoms with Gasteiger partial charge in [0.05, 0.1) is 23.7 Å². The van der Waals surface area contributed by atoms with E-state index in [-0.39, 0.29) is 44.0 Å². The van der Waals surface area contributed by atoms with Crippen molar-refractivity contribution in [3.05, 3.63) is 53.0 Å². The fourth-order valence-corrected chi connectivity index (χ4v) is 4.10. The van der Waals surface area contributed by atoms with Gasteiger partial charge in [-0.3, -0.25) is 14.5 Å². The van der Waals surface area contributed by atoms with Crippen molar-refractivity contribution in [1.82, 2.24) is 9.88 Å². The molecule has 8 nitrogen and oxygen atoms in total. The Labute approximate surface area is 180 Å². The number of aryl methyl sites for hydroxylation is 1. The van der Waals surface area contributed by atoms with Gasteiger partial charge < -0.3 is 10.0 Å². The van der Waals surface area contributed by atoms with Gasteiger partial charge in [-0.25, -0.2) is 18.5 Å². The summed E-state index contributed by atoms with van der Waals surface area (Å²) < 4.78 is 40.6. The van der Waals surface area contributed by atoms with E-state index in [9.17, 15) is 27.6 Å². The maximum atomic E-state index is 14.0. The minimum atomic E-state index is -1.39. The molecule has 1 N–H and O–H groups in total. The second kappa shape index (κ2) is 8.23. The molecule has 0 bridgehead atoms. The molecular weight excluding hydrogens is 429 g/mol. The molecule has 1 unspecified atom stereocenters. The number of carboxylic acid groups (broad SMARTS) is 1. The van der Waals surface area contributed by atoms with Crippen molar-refractivity contribution in [3.8, 4) is 0 Å². The zero-order valence-electron chi connectivity index (χ0n) is 17.0. The Kier molecular flexibility index (Phi) is 5.59. The van der Waals surface area contributed by atoms with Gasteiger partial charge >= 0.3 is 5.97 Å². The summed E-state index contributed by atoms with van der Waals surface area (Å²) in [5.41, 5.74) is 0.868. The van der Waals surface area contributed by atoms with Gasteiger partial charge in [0.1, 0.15) is 0 Å². The number of amides is 2. The van der Waals surface area contributed by atoms with Crippen LogP contribution in [-0.2, 0) is 9.59 Å². The van der Waals surface area contributed by atoms with E-state index in [4.69, 9.17) is 5.11 Å². The number of pyridine rings is 1. The fraction of sp³-hybridized carbons (Fsp3) is 0.333. The van der Waals surface area contributed by atoms with E-state index in [0.717, 1.165) is 4.90 Å². The number of carbonyl (C=O) groups excluding carboxylic acids is 2. The number of halogens is 3. The van der Waals surface area contributed by atoms with Crippen LogP contribution in [0.3, 0.4) is 0 Å². The number of aromatic carboxylic acids is 1. The first-order chi connectivity index (χ1) is 15.2. The third kappa shape index (κ3) is 3.79.